The lowest BCUT2D eigenvalue weighted by atomic mass is 10.1. The largest absolute Gasteiger partial charge is 0.382 e. The van der Waals surface area contributed by atoms with Crippen LogP contribution in [-0.4, -0.2) is 46.1 Å². The molecule has 1 N–H and O–H groups in total. The molecule has 4 heteroatoms. The van der Waals surface area contributed by atoms with E-state index in [-0.39, 0.29) is 6.10 Å². The molecule has 21 heavy (non-hydrogen) atoms. The highest BCUT2D eigenvalue weighted by Crippen LogP contribution is 2.17. The van der Waals surface area contributed by atoms with E-state index in [2.05, 4.69) is 50.4 Å². The van der Waals surface area contributed by atoms with Crippen molar-refractivity contribution in [1.82, 2.24) is 5.32 Å². The normalized spacial score (nSPS) is 12.8. The van der Waals surface area contributed by atoms with Crippen LogP contribution in [0.3, 0.4) is 0 Å². The second-order valence-electron chi connectivity index (χ2n) is 5.44. The molecule has 0 aromatic heterocycles. The zero-order chi connectivity index (χ0) is 15.5. The predicted molar refractivity (Wildman–Crippen MR) is 85.7 cm³/mol. The van der Waals surface area contributed by atoms with Crippen molar-refractivity contribution in [1.29, 1.82) is 0 Å². The van der Waals surface area contributed by atoms with Crippen LogP contribution in [0.4, 0.5) is 0 Å². The van der Waals surface area contributed by atoms with E-state index in [1.165, 1.54) is 11.1 Å². The van der Waals surface area contributed by atoms with Gasteiger partial charge >= 0.3 is 0 Å². The quantitative estimate of drug-likeness (QED) is 0.637. The topological polar surface area (TPSA) is 39.7 Å². The number of hydrogen-bond donors (Lipinski definition) is 1. The molecule has 0 aliphatic heterocycles. The van der Waals surface area contributed by atoms with Gasteiger partial charge in [0.2, 0.25) is 0 Å². The van der Waals surface area contributed by atoms with Gasteiger partial charge in [-0.15, -0.1) is 0 Å². The van der Waals surface area contributed by atoms with Crippen LogP contribution in [0.2, 0.25) is 0 Å². The van der Waals surface area contributed by atoms with Crippen LogP contribution in [0.25, 0.3) is 0 Å². The van der Waals surface area contributed by atoms with Crippen molar-refractivity contribution in [3.63, 3.8) is 0 Å². The van der Waals surface area contributed by atoms with E-state index in [0.717, 1.165) is 6.54 Å². The highest BCUT2D eigenvalue weighted by atomic mass is 16.5. The Labute approximate surface area is 128 Å². The number of ether oxygens (including phenoxy) is 3. The maximum absolute atomic E-state index is 5.97. The van der Waals surface area contributed by atoms with Gasteiger partial charge in [0, 0.05) is 19.7 Å². The molecular formula is C17H29NO3. The minimum Gasteiger partial charge on any atom is -0.382 e. The molecule has 0 amide bonds. The van der Waals surface area contributed by atoms with Crippen molar-refractivity contribution in [2.45, 2.75) is 32.9 Å². The van der Waals surface area contributed by atoms with Gasteiger partial charge in [0.15, 0.2) is 0 Å². The smallest absolute Gasteiger partial charge is 0.0950 e. The van der Waals surface area contributed by atoms with Gasteiger partial charge in [0.25, 0.3) is 0 Å². The molecule has 1 aromatic carbocycles. The standard InChI is InChI=1S/C17H29NO3/c1-14(2)18-13-17(16-7-5-15(3)6-8-16)21-12-11-20-10-9-19-4/h5-8,14,17-18H,9-13H2,1-4H3. The number of hydrogen-bond acceptors (Lipinski definition) is 4. The van der Waals surface area contributed by atoms with E-state index >= 15 is 0 Å². The molecule has 0 aliphatic rings. The van der Waals surface area contributed by atoms with Gasteiger partial charge in [-0.25, -0.2) is 0 Å². The first kappa shape index (κ1) is 18.1. The maximum atomic E-state index is 5.97. The van der Waals surface area contributed by atoms with Crippen molar-refractivity contribution in [3.8, 4) is 0 Å². The summed E-state index contributed by atoms with van der Waals surface area (Å²) in [5.41, 5.74) is 2.46. The highest BCUT2D eigenvalue weighted by Gasteiger charge is 2.12. The fourth-order valence-corrected chi connectivity index (χ4v) is 1.89. The van der Waals surface area contributed by atoms with Gasteiger partial charge in [-0.1, -0.05) is 43.7 Å². The average Bonchev–Trinajstić information content (AvgIpc) is 2.46. The van der Waals surface area contributed by atoms with Gasteiger partial charge in [0.1, 0.15) is 0 Å². The van der Waals surface area contributed by atoms with Gasteiger partial charge in [-0.3, -0.25) is 0 Å². The second kappa shape index (κ2) is 10.7. The van der Waals surface area contributed by atoms with Crippen molar-refractivity contribution < 1.29 is 14.2 Å². The molecule has 1 unspecified atom stereocenters. The molecule has 0 bridgehead atoms. The number of rotatable bonds is 11. The average molecular weight is 295 g/mol. The molecule has 0 spiro atoms. The monoisotopic (exact) mass is 295 g/mol. The van der Waals surface area contributed by atoms with Crippen molar-refractivity contribution >= 4 is 0 Å². The Hall–Kier alpha value is -0.940. The summed E-state index contributed by atoms with van der Waals surface area (Å²) in [6, 6.07) is 8.95. The SMILES string of the molecule is COCCOCCOC(CNC(C)C)c1ccc(C)cc1. The molecule has 0 saturated carbocycles. The minimum absolute atomic E-state index is 0.0547. The van der Waals surface area contributed by atoms with Crippen molar-refractivity contribution in [2.75, 3.05) is 40.1 Å². The Bertz CT molecular complexity index is 365. The summed E-state index contributed by atoms with van der Waals surface area (Å²) in [7, 11) is 1.67. The highest BCUT2D eigenvalue weighted by molar-refractivity contribution is 5.23. The first-order valence-corrected chi connectivity index (χ1v) is 7.61. The summed E-state index contributed by atoms with van der Waals surface area (Å²) in [6.45, 7) is 9.58. The summed E-state index contributed by atoms with van der Waals surface area (Å²) in [4.78, 5) is 0. The minimum atomic E-state index is 0.0547. The van der Waals surface area contributed by atoms with Gasteiger partial charge in [-0.05, 0) is 12.5 Å². The second-order valence-corrected chi connectivity index (χ2v) is 5.44. The molecule has 0 heterocycles. The van der Waals surface area contributed by atoms with E-state index in [1.807, 2.05) is 0 Å². The lowest BCUT2D eigenvalue weighted by Crippen LogP contribution is -2.29. The number of nitrogens with one attached hydrogen (secondary N) is 1. The Morgan fingerprint density at radius 1 is 1.00 bits per heavy atom. The lowest BCUT2D eigenvalue weighted by molar-refractivity contribution is -0.00738. The van der Waals surface area contributed by atoms with Crippen LogP contribution >= 0.6 is 0 Å². The fourth-order valence-electron chi connectivity index (χ4n) is 1.89. The summed E-state index contributed by atoms with van der Waals surface area (Å²) in [5.74, 6) is 0. The molecule has 0 radical (unpaired) electrons. The lowest BCUT2D eigenvalue weighted by Gasteiger charge is -2.20. The fraction of sp³-hybridized carbons (Fsp3) is 0.647. The van der Waals surface area contributed by atoms with E-state index < -0.39 is 0 Å². The first-order chi connectivity index (χ1) is 10.1. The molecule has 1 aromatic rings. The van der Waals surface area contributed by atoms with Crippen LogP contribution in [0.15, 0.2) is 24.3 Å². The zero-order valence-electron chi connectivity index (χ0n) is 13.7. The number of aryl methyl sites for hydroxylation is 1. The van der Waals surface area contributed by atoms with Crippen LogP contribution in [0, 0.1) is 6.92 Å². The third kappa shape index (κ3) is 8.17. The molecule has 0 saturated heterocycles. The number of methoxy groups -OCH3 is 1. The van der Waals surface area contributed by atoms with E-state index in [9.17, 15) is 0 Å². The zero-order valence-corrected chi connectivity index (χ0v) is 13.7. The molecule has 120 valence electrons. The molecule has 0 fully saturated rings. The summed E-state index contributed by atoms with van der Waals surface area (Å²) in [5, 5.41) is 3.43. The molecule has 0 aliphatic carbocycles. The Morgan fingerprint density at radius 3 is 2.29 bits per heavy atom. The van der Waals surface area contributed by atoms with E-state index in [1.54, 1.807) is 7.11 Å². The molecule has 1 rings (SSSR count). The molecular weight excluding hydrogens is 266 g/mol. The van der Waals surface area contributed by atoms with E-state index in [4.69, 9.17) is 14.2 Å². The van der Waals surface area contributed by atoms with Crippen LogP contribution < -0.4 is 5.32 Å². The third-order valence-electron chi connectivity index (χ3n) is 3.14. The Kier molecular flexibility index (Phi) is 9.26. The third-order valence-corrected chi connectivity index (χ3v) is 3.14. The number of benzene rings is 1. The maximum Gasteiger partial charge on any atom is 0.0950 e. The molecule has 1 atom stereocenters. The summed E-state index contributed by atoms with van der Waals surface area (Å²) >= 11 is 0. The van der Waals surface area contributed by atoms with Crippen molar-refractivity contribution in [3.05, 3.63) is 35.4 Å². The Morgan fingerprint density at radius 2 is 1.67 bits per heavy atom. The predicted octanol–water partition coefficient (Wildman–Crippen LogP) is 2.71. The van der Waals surface area contributed by atoms with Gasteiger partial charge < -0.3 is 19.5 Å². The summed E-state index contributed by atoms with van der Waals surface area (Å²) < 4.78 is 16.3. The van der Waals surface area contributed by atoms with Crippen molar-refractivity contribution in [2.24, 2.45) is 0 Å². The molecule has 4 nitrogen and oxygen atoms in total. The Balaban J connectivity index is 2.42. The van der Waals surface area contributed by atoms with Crippen LogP contribution in [-0.2, 0) is 14.2 Å². The summed E-state index contributed by atoms with van der Waals surface area (Å²) in [6.07, 6.45) is 0.0547. The van der Waals surface area contributed by atoms with Gasteiger partial charge in [0.05, 0.1) is 32.5 Å². The van der Waals surface area contributed by atoms with E-state index in [0.29, 0.717) is 32.5 Å². The van der Waals surface area contributed by atoms with Gasteiger partial charge in [-0.2, -0.15) is 0 Å². The first-order valence-electron chi connectivity index (χ1n) is 7.61. The van der Waals surface area contributed by atoms with Crippen LogP contribution in [0.5, 0.6) is 0 Å². The van der Waals surface area contributed by atoms with Crippen LogP contribution in [0.1, 0.15) is 31.1 Å².